The third-order valence-corrected chi connectivity index (χ3v) is 2.87. The lowest BCUT2D eigenvalue weighted by molar-refractivity contribution is -0.389. The van der Waals surface area contributed by atoms with Crippen LogP contribution in [0.4, 0.5) is 5.82 Å². The van der Waals surface area contributed by atoms with Gasteiger partial charge in [-0.25, -0.2) is 0 Å². The van der Waals surface area contributed by atoms with E-state index >= 15 is 0 Å². The van der Waals surface area contributed by atoms with Crippen LogP contribution in [-0.4, -0.2) is 32.7 Å². The maximum absolute atomic E-state index is 12.0. The predicted molar refractivity (Wildman–Crippen MR) is 81.2 cm³/mol. The van der Waals surface area contributed by atoms with E-state index in [9.17, 15) is 14.9 Å². The van der Waals surface area contributed by atoms with Gasteiger partial charge in [0.1, 0.15) is 6.54 Å². The fourth-order valence-electron chi connectivity index (χ4n) is 2.15. The normalized spacial score (nSPS) is 13.4. The summed E-state index contributed by atoms with van der Waals surface area (Å²) in [5.41, 5.74) is 5.23. The molecule has 0 aliphatic rings. The molecule has 9 heteroatoms. The third kappa shape index (κ3) is 6.09. The second kappa shape index (κ2) is 7.94. The number of nitrogens with zero attached hydrogens (tertiary/aromatic N) is 3. The molecule has 1 unspecified atom stereocenters. The summed E-state index contributed by atoms with van der Waals surface area (Å²) in [6.45, 7) is 6.25. The number of halogens is 1. The van der Waals surface area contributed by atoms with Gasteiger partial charge in [-0.3, -0.25) is 4.79 Å². The number of nitrogens with two attached hydrogens (primary N) is 1. The van der Waals surface area contributed by atoms with E-state index < -0.39 is 10.5 Å². The molecule has 1 aromatic heterocycles. The molecule has 0 bridgehead atoms. The number of amides is 1. The molecule has 120 valence electrons. The van der Waals surface area contributed by atoms with E-state index in [1.165, 1.54) is 16.9 Å². The summed E-state index contributed by atoms with van der Waals surface area (Å²) in [5, 5.41) is 17.1. The Hall–Kier alpha value is -1.67. The highest BCUT2D eigenvalue weighted by Crippen LogP contribution is 2.15. The zero-order chi connectivity index (χ0) is 15.3. The van der Waals surface area contributed by atoms with E-state index in [1.807, 2.05) is 6.92 Å². The fourth-order valence-corrected chi connectivity index (χ4v) is 2.15. The first-order chi connectivity index (χ1) is 9.25. The van der Waals surface area contributed by atoms with Gasteiger partial charge in [-0.1, -0.05) is 13.8 Å². The Labute approximate surface area is 129 Å². The number of hydrogen-bond donors (Lipinski definition) is 2. The molecule has 0 aliphatic heterocycles. The molecule has 8 nitrogen and oxygen atoms in total. The highest BCUT2D eigenvalue weighted by molar-refractivity contribution is 5.85. The zero-order valence-electron chi connectivity index (χ0n) is 12.4. The van der Waals surface area contributed by atoms with Crippen LogP contribution >= 0.6 is 12.4 Å². The lowest BCUT2D eigenvalue weighted by Crippen LogP contribution is -2.53. The Balaban J connectivity index is 0.00000400. The molecule has 1 amide bonds. The van der Waals surface area contributed by atoms with Crippen molar-refractivity contribution in [2.24, 2.45) is 11.7 Å². The Morgan fingerprint density at radius 1 is 1.62 bits per heavy atom. The van der Waals surface area contributed by atoms with Crippen molar-refractivity contribution in [3.8, 4) is 0 Å². The SMILES string of the molecule is CC(C)CC(C)(CN)NC(=O)Cn1ccc([N+](=O)[O-])n1.Cl. The van der Waals surface area contributed by atoms with Crippen LogP contribution in [0.25, 0.3) is 0 Å². The topological polar surface area (TPSA) is 116 Å². The second-order valence-corrected chi connectivity index (χ2v) is 5.54. The summed E-state index contributed by atoms with van der Waals surface area (Å²) in [6, 6.07) is 1.25. The molecule has 0 aliphatic carbocycles. The molecule has 1 rings (SSSR count). The minimum Gasteiger partial charge on any atom is -0.358 e. The van der Waals surface area contributed by atoms with Gasteiger partial charge in [0.25, 0.3) is 0 Å². The van der Waals surface area contributed by atoms with Crippen LogP contribution in [0.2, 0.25) is 0 Å². The summed E-state index contributed by atoms with van der Waals surface area (Å²) < 4.78 is 1.24. The monoisotopic (exact) mass is 319 g/mol. The van der Waals surface area contributed by atoms with E-state index in [2.05, 4.69) is 24.3 Å². The van der Waals surface area contributed by atoms with Crippen LogP contribution in [0.1, 0.15) is 27.2 Å². The van der Waals surface area contributed by atoms with Crippen molar-refractivity contribution >= 4 is 24.1 Å². The Bertz CT molecular complexity index is 491. The van der Waals surface area contributed by atoms with Crippen molar-refractivity contribution in [1.29, 1.82) is 0 Å². The highest BCUT2D eigenvalue weighted by atomic mass is 35.5. The number of rotatable bonds is 7. The van der Waals surface area contributed by atoms with Gasteiger partial charge in [-0.05, 0) is 24.2 Å². The Morgan fingerprint density at radius 2 is 2.24 bits per heavy atom. The van der Waals surface area contributed by atoms with Crippen molar-refractivity contribution in [3.63, 3.8) is 0 Å². The standard InChI is InChI=1S/C12H21N5O3.ClH/c1-9(2)6-12(3,8-13)14-11(18)7-16-5-4-10(15-16)17(19)20;/h4-5,9H,6-8,13H2,1-3H3,(H,14,18);1H. The van der Waals surface area contributed by atoms with Crippen LogP contribution in [0.5, 0.6) is 0 Å². The molecular formula is C12H22ClN5O3. The predicted octanol–water partition coefficient (Wildman–Crippen LogP) is 1.09. The fraction of sp³-hybridized carbons (Fsp3) is 0.667. The van der Waals surface area contributed by atoms with Gasteiger partial charge in [-0.2, -0.15) is 4.68 Å². The van der Waals surface area contributed by atoms with E-state index in [1.54, 1.807) is 0 Å². The summed E-state index contributed by atoms with van der Waals surface area (Å²) in [6.07, 6.45) is 2.16. The maximum Gasteiger partial charge on any atom is 0.389 e. The van der Waals surface area contributed by atoms with Crippen molar-refractivity contribution in [2.75, 3.05) is 6.54 Å². The molecule has 0 spiro atoms. The van der Waals surface area contributed by atoms with E-state index in [0.29, 0.717) is 12.5 Å². The molecule has 1 heterocycles. The summed E-state index contributed by atoms with van der Waals surface area (Å²) in [7, 11) is 0. The molecule has 0 saturated heterocycles. The lowest BCUT2D eigenvalue weighted by Gasteiger charge is -2.31. The van der Waals surface area contributed by atoms with Crippen molar-refractivity contribution in [1.82, 2.24) is 15.1 Å². The van der Waals surface area contributed by atoms with Crippen LogP contribution in [0.15, 0.2) is 12.3 Å². The van der Waals surface area contributed by atoms with E-state index in [-0.39, 0.29) is 30.7 Å². The van der Waals surface area contributed by atoms with Crippen molar-refractivity contribution in [3.05, 3.63) is 22.4 Å². The smallest absolute Gasteiger partial charge is 0.358 e. The molecule has 0 aromatic carbocycles. The largest absolute Gasteiger partial charge is 0.389 e. The lowest BCUT2D eigenvalue weighted by atomic mass is 9.91. The number of nitrogens with one attached hydrogen (secondary N) is 1. The first kappa shape index (κ1) is 19.3. The van der Waals surface area contributed by atoms with Crippen LogP contribution < -0.4 is 11.1 Å². The molecule has 0 fully saturated rings. The van der Waals surface area contributed by atoms with Gasteiger partial charge in [0, 0.05) is 12.1 Å². The molecule has 3 N–H and O–H groups in total. The van der Waals surface area contributed by atoms with E-state index in [4.69, 9.17) is 5.73 Å². The van der Waals surface area contributed by atoms with Crippen LogP contribution in [-0.2, 0) is 11.3 Å². The number of nitro groups is 1. The van der Waals surface area contributed by atoms with Crippen molar-refractivity contribution < 1.29 is 9.72 Å². The number of aromatic nitrogens is 2. The first-order valence-electron chi connectivity index (χ1n) is 6.44. The number of carbonyl (C=O) groups excluding carboxylic acids is 1. The minimum atomic E-state index is -0.600. The summed E-state index contributed by atoms with van der Waals surface area (Å²) in [4.78, 5) is 21.9. The van der Waals surface area contributed by atoms with Gasteiger partial charge in [-0.15, -0.1) is 12.4 Å². The first-order valence-corrected chi connectivity index (χ1v) is 6.44. The van der Waals surface area contributed by atoms with Crippen LogP contribution in [0, 0.1) is 16.0 Å². The highest BCUT2D eigenvalue weighted by Gasteiger charge is 2.26. The third-order valence-electron chi connectivity index (χ3n) is 2.87. The molecule has 0 saturated carbocycles. The van der Waals surface area contributed by atoms with Gasteiger partial charge >= 0.3 is 5.82 Å². The second-order valence-electron chi connectivity index (χ2n) is 5.54. The van der Waals surface area contributed by atoms with Gasteiger partial charge in [0.2, 0.25) is 5.91 Å². The average Bonchev–Trinajstić information content (AvgIpc) is 2.76. The van der Waals surface area contributed by atoms with Gasteiger partial charge in [0.15, 0.2) is 0 Å². The minimum absolute atomic E-state index is 0. The molecule has 21 heavy (non-hydrogen) atoms. The Morgan fingerprint density at radius 3 is 2.67 bits per heavy atom. The van der Waals surface area contributed by atoms with Crippen molar-refractivity contribution in [2.45, 2.75) is 39.3 Å². The molecule has 1 atom stereocenters. The molecular weight excluding hydrogens is 298 g/mol. The number of hydrogen-bond acceptors (Lipinski definition) is 5. The Kier molecular flexibility index (Phi) is 7.31. The van der Waals surface area contributed by atoms with Gasteiger partial charge in [0.05, 0.1) is 17.4 Å². The molecule has 1 aromatic rings. The quantitative estimate of drug-likeness (QED) is 0.576. The molecule has 0 radical (unpaired) electrons. The average molecular weight is 320 g/mol. The summed E-state index contributed by atoms with van der Waals surface area (Å²) in [5.74, 6) is -0.146. The summed E-state index contributed by atoms with van der Waals surface area (Å²) >= 11 is 0. The van der Waals surface area contributed by atoms with E-state index in [0.717, 1.165) is 6.42 Å². The van der Waals surface area contributed by atoms with Crippen LogP contribution in [0.3, 0.4) is 0 Å². The zero-order valence-corrected chi connectivity index (χ0v) is 13.2. The maximum atomic E-state index is 12.0. The van der Waals surface area contributed by atoms with Gasteiger partial charge < -0.3 is 21.2 Å². The number of carbonyl (C=O) groups is 1.